The first-order valence-corrected chi connectivity index (χ1v) is 7.59. The Balaban J connectivity index is 2.58. The van der Waals surface area contributed by atoms with Crippen LogP contribution in [-0.2, 0) is 11.2 Å². The van der Waals surface area contributed by atoms with Crippen LogP contribution in [0.2, 0.25) is 0 Å². The number of likely N-dealkylation sites (N-methyl/N-ethyl adjacent to an activating group) is 1. The summed E-state index contributed by atoms with van der Waals surface area (Å²) >= 11 is 0. The topological polar surface area (TPSA) is 58.6 Å². The van der Waals surface area contributed by atoms with Crippen LogP contribution in [0.4, 0.5) is 0 Å². The van der Waals surface area contributed by atoms with Gasteiger partial charge >= 0.3 is 5.97 Å². The van der Waals surface area contributed by atoms with E-state index in [0.29, 0.717) is 6.42 Å². The van der Waals surface area contributed by atoms with E-state index in [-0.39, 0.29) is 6.10 Å². The summed E-state index contributed by atoms with van der Waals surface area (Å²) in [5.41, 5.74) is 0.336. The fourth-order valence-corrected chi connectivity index (χ4v) is 2.26. The van der Waals surface area contributed by atoms with Gasteiger partial charge in [0.25, 0.3) is 0 Å². The minimum absolute atomic E-state index is 0.181. The molecule has 1 aromatic carbocycles. The van der Waals surface area contributed by atoms with Gasteiger partial charge in [-0.25, -0.2) is 0 Å². The van der Waals surface area contributed by atoms with Crippen LogP contribution in [0, 0.1) is 0 Å². The largest absolute Gasteiger partial charge is 0.491 e. The molecule has 0 saturated heterocycles. The Morgan fingerprint density at radius 1 is 1.38 bits per heavy atom. The van der Waals surface area contributed by atoms with Gasteiger partial charge in [-0.2, -0.15) is 0 Å². The van der Waals surface area contributed by atoms with Crippen molar-refractivity contribution in [2.24, 2.45) is 0 Å². The maximum absolute atomic E-state index is 11.3. The molecule has 0 heterocycles. The van der Waals surface area contributed by atoms with Gasteiger partial charge in [0, 0.05) is 6.42 Å². The number of ether oxygens (including phenoxy) is 1. The summed E-state index contributed by atoms with van der Waals surface area (Å²) in [6.45, 7) is 5.74. The number of aliphatic carboxylic acids is 1. The number of rotatable bonds is 9. The summed E-state index contributed by atoms with van der Waals surface area (Å²) in [5, 5.41) is 12.1. The maximum Gasteiger partial charge on any atom is 0.323 e. The summed E-state index contributed by atoms with van der Waals surface area (Å²) in [4.78, 5) is 11.3. The van der Waals surface area contributed by atoms with E-state index in [1.807, 2.05) is 19.1 Å². The molecular weight excluding hydrogens is 266 g/mol. The highest BCUT2D eigenvalue weighted by atomic mass is 16.5. The molecule has 2 unspecified atom stereocenters. The molecule has 0 aliphatic carbocycles. The summed E-state index contributed by atoms with van der Waals surface area (Å²) < 4.78 is 5.82. The van der Waals surface area contributed by atoms with Gasteiger partial charge in [-0.05, 0) is 51.4 Å². The molecule has 0 aromatic heterocycles. The zero-order chi connectivity index (χ0) is 15.9. The molecule has 0 amide bonds. The fraction of sp³-hybridized carbons (Fsp3) is 0.588. The van der Waals surface area contributed by atoms with Crippen LogP contribution in [0.25, 0.3) is 0 Å². The molecule has 0 bridgehead atoms. The molecule has 21 heavy (non-hydrogen) atoms. The molecule has 0 spiro atoms. The summed E-state index contributed by atoms with van der Waals surface area (Å²) in [7, 11) is 1.66. The van der Waals surface area contributed by atoms with Gasteiger partial charge < -0.3 is 15.2 Å². The third-order valence-corrected chi connectivity index (χ3v) is 3.80. The van der Waals surface area contributed by atoms with Crippen LogP contribution in [0.3, 0.4) is 0 Å². The quantitative estimate of drug-likeness (QED) is 0.734. The minimum atomic E-state index is -0.972. The smallest absolute Gasteiger partial charge is 0.323 e. The van der Waals surface area contributed by atoms with Crippen LogP contribution in [0.1, 0.15) is 45.6 Å². The third kappa shape index (κ3) is 5.38. The number of carboxylic acids is 1. The van der Waals surface area contributed by atoms with E-state index >= 15 is 0 Å². The first-order valence-electron chi connectivity index (χ1n) is 7.59. The average molecular weight is 293 g/mol. The molecule has 2 N–H and O–H groups in total. The highest BCUT2D eigenvalue weighted by Crippen LogP contribution is 2.19. The summed E-state index contributed by atoms with van der Waals surface area (Å²) in [5.74, 6) is -0.0815. The van der Waals surface area contributed by atoms with Crippen LogP contribution in [0.5, 0.6) is 5.75 Å². The molecule has 0 saturated carbocycles. The van der Waals surface area contributed by atoms with Gasteiger partial charge in [0.15, 0.2) is 0 Å². The zero-order valence-corrected chi connectivity index (χ0v) is 13.5. The van der Waals surface area contributed by atoms with Gasteiger partial charge in [-0.1, -0.05) is 25.5 Å². The van der Waals surface area contributed by atoms with E-state index in [0.717, 1.165) is 12.2 Å². The van der Waals surface area contributed by atoms with Crippen molar-refractivity contribution >= 4 is 5.97 Å². The second-order valence-corrected chi connectivity index (χ2v) is 5.77. The van der Waals surface area contributed by atoms with Crippen LogP contribution in [-0.4, -0.2) is 29.8 Å². The van der Waals surface area contributed by atoms with Crippen molar-refractivity contribution in [1.82, 2.24) is 5.32 Å². The lowest BCUT2D eigenvalue weighted by atomic mass is 9.95. The number of aryl methyl sites for hydroxylation is 1. The average Bonchev–Trinajstić information content (AvgIpc) is 2.46. The lowest BCUT2D eigenvalue weighted by Gasteiger charge is -2.27. The number of unbranched alkanes of at least 4 members (excludes halogenated alkanes) is 1. The number of hydrogen-bond acceptors (Lipinski definition) is 3. The first kappa shape index (κ1) is 17.5. The Labute approximate surface area is 127 Å². The van der Waals surface area contributed by atoms with Crippen molar-refractivity contribution in [3.63, 3.8) is 0 Å². The number of carbonyl (C=O) groups is 1. The molecule has 0 aliphatic heterocycles. The van der Waals surface area contributed by atoms with Crippen LogP contribution < -0.4 is 10.1 Å². The van der Waals surface area contributed by atoms with Crippen molar-refractivity contribution < 1.29 is 14.6 Å². The Bertz CT molecular complexity index is 444. The van der Waals surface area contributed by atoms with Crippen molar-refractivity contribution in [2.45, 2.75) is 58.1 Å². The number of benzene rings is 1. The van der Waals surface area contributed by atoms with E-state index in [2.05, 4.69) is 24.4 Å². The molecule has 1 aromatic rings. The van der Waals surface area contributed by atoms with Crippen molar-refractivity contribution in [3.8, 4) is 5.75 Å². The molecule has 0 radical (unpaired) electrons. The zero-order valence-electron chi connectivity index (χ0n) is 13.5. The van der Waals surface area contributed by atoms with Gasteiger partial charge in [-0.15, -0.1) is 0 Å². The molecule has 4 heteroatoms. The van der Waals surface area contributed by atoms with Gasteiger partial charge in [0.05, 0.1) is 6.10 Å². The number of carboxylic acid groups (broad SMARTS) is 1. The highest BCUT2D eigenvalue weighted by Gasteiger charge is 2.33. The maximum atomic E-state index is 11.3. The monoisotopic (exact) mass is 293 g/mol. The van der Waals surface area contributed by atoms with Crippen molar-refractivity contribution in [2.75, 3.05) is 7.05 Å². The normalized spacial score (nSPS) is 15.2. The predicted octanol–water partition coefficient (Wildman–Crippen LogP) is 3.25. The van der Waals surface area contributed by atoms with Crippen molar-refractivity contribution in [3.05, 3.63) is 29.8 Å². The lowest BCUT2D eigenvalue weighted by Crippen LogP contribution is -2.50. The SMILES string of the molecule is CCCCc1ccc(OC(C)CC(C)(NC)C(=O)O)cc1. The van der Waals surface area contributed by atoms with Gasteiger partial charge in [-0.3, -0.25) is 4.79 Å². The van der Waals surface area contributed by atoms with Crippen molar-refractivity contribution in [1.29, 1.82) is 0 Å². The third-order valence-electron chi connectivity index (χ3n) is 3.80. The summed E-state index contributed by atoms with van der Waals surface area (Å²) in [6, 6.07) is 8.07. The molecule has 0 fully saturated rings. The second kappa shape index (κ2) is 8.03. The molecule has 1 rings (SSSR count). The Morgan fingerprint density at radius 3 is 2.48 bits per heavy atom. The van der Waals surface area contributed by atoms with Gasteiger partial charge in [0.1, 0.15) is 11.3 Å². The predicted molar refractivity (Wildman–Crippen MR) is 84.9 cm³/mol. The Hall–Kier alpha value is -1.55. The summed E-state index contributed by atoms with van der Waals surface area (Å²) in [6.07, 6.45) is 3.68. The molecular formula is C17H27NO3. The molecule has 2 atom stereocenters. The Kier molecular flexibility index (Phi) is 6.69. The minimum Gasteiger partial charge on any atom is -0.491 e. The number of hydrogen-bond donors (Lipinski definition) is 2. The number of nitrogens with one attached hydrogen (secondary N) is 1. The van der Waals surface area contributed by atoms with E-state index in [1.54, 1.807) is 14.0 Å². The van der Waals surface area contributed by atoms with E-state index < -0.39 is 11.5 Å². The van der Waals surface area contributed by atoms with E-state index in [4.69, 9.17) is 4.74 Å². The fourth-order valence-electron chi connectivity index (χ4n) is 2.26. The van der Waals surface area contributed by atoms with Crippen LogP contribution >= 0.6 is 0 Å². The standard InChI is InChI=1S/C17H27NO3/c1-5-6-7-14-8-10-15(11-9-14)21-13(2)12-17(3,18-4)16(19)20/h8-11,13,18H,5-7,12H2,1-4H3,(H,19,20). The van der Waals surface area contributed by atoms with E-state index in [9.17, 15) is 9.90 Å². The second-order valence-electron chi connectivity index (χ2n) is 5.77. The molecule has 4 nitrogen and oxygen atoms in total. The van der Waals surface area contributed by atoms with Crippen LogP contribution in [0.15, 0.2) is 24.3 Å². The Morgan fingerprint density at radius 2 is 2.00 bits per heavy atom. The lowest BCUT2D eigenvalue weighted by molar-refractivity contribution is -0.145. The first-order chi connectivity index (χ1) is 9.91. The molecule has 118 valence electrons. The highest BCUT2D eigenvalue weighted by molar-refractivity contribution is 5.78. The van der Waals surface area contributed by atoms with E-state index in [1.165, 1.54) is 18.4 Å². The molecule has 0 aliphatic rings. The van der Waals surface area contributed by atoms with Gasteiger partial charge in [0.2, 0.25) is 0 Å².